The minimum Gasteiger partial charge on any atom is -0.313 e. The van der Waals surface area contributed by atoms with Crippen LogP contribution in [0.2, 0.25) is 9.36 Å². The molecular weight excluding hydrogens is 467 g/mol. The molecule has 3 rings (SSSR count). The lowest BCUT2D eigenvalue weighted by molar-refractivity contribution is 0.0977. The predicted octanol–water partition coefficient (Wildman–Crippen LogP) is 4.35. The number of carbonyl (C=O) groups is 1. The average molecular weight is 481 g/mol. The Kier molecular flexibility index (Phi) is 6.63. The Morgan fingerprint density at radius 1 is 1.20 bits per heavy atom. The summed E-state index contributed by atoms with van der Waals surface area (Å²) >= 11 is 13.5. The third-order valence-electron chi connectivity index (χ3n) is 3.89. The molecule has 11 heteroatoms. The summed E-state index contributed by atoms with van der Waals surface area (Å²) in [4.78, 5) is 18.3. The lowest BCUT2D eigenvalue weighted by Gasteiger charge is -2.22. The van der Waals surface area contributed by atoms with Crippen molar-refractivity contribution in [2.24, 2.45) is 0 Å². The van der Waals surface area contributed by atoms with Gasteiger partial charge in [-0.2, -0.15) is 5.26 Å². The number of anilines is 2. The summed E-state index contributed by atoms with van der Waals surface area (Å²) in [5, 5.41) is 9.96. The minimum absolute atomic E-state index is 0.0453. The Labute approximate surface area is 187 Å². The van der Waals surface area contributed by atoms with Crippen LogP contribution in [0.25, 0.3) is 0 Å². The van der Waals surface area contributed by atoms with Crippen molar-refractivity contribution >= 4 is 61.3 Å². The standard InChI is InChI=1S/C19H14Cl2N4O3S2/c1-30(27,28)24-18(26)16-17(21)29-19(23-16)25(11-13-4-2-3-5-15(13)20)14-8-6-12(10-22)7-9-14/h2-9H,11H2,1H3,(H,24,26). The van der Waals surface area contributed by atoms with E-state index in [1.54, 1.807) is 35.2 Å². The van der Waals surface area contributed by atoms with Crippen molar-refractivity contribution in [2.45, 2.75) is 6.54 Å². The number of rotatable bonds is 6. The van der Waals surface area contributed by atoms with Gasteiger partial charge in [-0.15, -0.1) is 0 Å². The number of nitrogens with zero attached hydrogens (tertiary/aromatic N) is 3. The van der Waals surface area contributed by atoms with Crippen LogP contribution in [0.1, 0.15) is 21.6 Å². The number of benzene rings is 2. The van der Waals surface area contributed by atoms with Crippen molar-refractivity contribution in [1.82, 2.24) is 9.71 Å². The molecule has 1 heterocycles. The first-order chi connectivity index (χ1) is 14.2. The van der Waals surface area contributed by atoms with Gasteiger partial charge in [0.05, 0.1) is 24.4 Å². The molecule has 0 aliphatic rings. The van der Waals surface area contributed by atoms with Crippen LogP contribution in [0.4, 0.5) is 10.8 Å². The molecule has 0 aliphatic carbocycles. The van der Waals surface area contributed by atoms with E-state index in [2.05, 4.69) is 11.1 Å². The summed E-state index contributed by atoms with van der Waals surface area (Å²) in [5.74, 6) is -0.914. The number of nitriles is 1. The van der Waals surface area contributed by atoms with Gasteiger partial charge in [0.15, 0.2) is 10.8 Å². The molecule has 2 aromatic carbocycles. The van der Waals surface area contributed by atoms with E-state index in [0.717, 1.165) is 23.2 Å². The number of amides is 1. The molecule has 0 atom stereocenters. The molecule has 0 radical (unpaired) electrons. The van der Waals surface area contributed by atoms with Gasteiger partial charge in [-0.1, -0.05) is 52.7 Å². The molecule has 1 amide bonds. The van der Waals surface area contributed by atoms with Crippen LogP contribution in [0.3, 0.4) is 0 Å². The summed E-state index contributed by atoms with van der Waals surface area (Å²) < 4.78 is 24.7. The predicted molar refractivity (Wildman–Crippen MR) is 118 cm³/mol. The Hall–Kier alpha value is -2.64. The van der Waals surface area contributed by atoms with Gasteiger partial charge in [0.1, 0.15) is 4.34 Å². The fraction of sp³-hybridized carbons (Fsp3) is 0.105. The number of nitrogens with one attached hydrogen (secondary N) is 1. The first kappa shape index (κ1) is 22.1. The Bertz CT molecular complexity index is 1240. The monoisotopic (exact) mass is 480 g/mol. The zero-order valence-electron chi connectivity index (χ0n) is 15.5. The van der Waals surface area contributed by atoms with Crippen molar-refractivity contribution in [3.8, 4) is 6.07 Å². The molecule has 0 aliphatic heterocycles. The van der Waals surface area contributed by atoms with E-state index in [-0.39, 0.29) is 10.0 Å². The van der Waals surface area contributed by atoms with Crippen molar-refractivity contribution in [1.29, 1.82) is 5.26 Å². The summed E-state index contributed by atoms with van der Waals surface area (Å²) in [5.41, 5.74) is 1.79. The van der Waals surface area contributed by atoms with E-state index >= 15 is 0 Å². The van der Waals surface area contributed by atoms with E-state index in [1.165, 1.54) is 0 Å². The topological polar surface area (TPSA) is 103 Å². The molecule has 1 aromatic heterocycles. The zero-order valence-corrected chi connectivity index (χ0v) is 18.6. The van der Waals surface area contributed by atoms with Crippen LogP contribution in [0, 0.1) is 11.3 Å². The van der Waals surface area contributed by atoms with Gasteiger partial charge in [-0.05, 0) is 35.9 Å². The highest BCUT2D eigenvalue weighted by molar-refractivity contribution is 7.89. The van der Waals surface area contributed by atoms with E-state index in [4.69, 9.17) is 28.5 Å². The van der Waals surface area contributed by atoms with Gasteiger partial charge in [-0.3, -0.25) is 4.79 Å². The highest BCUT2D eigenvalue weighted by atomic mass is 35.5. The summed E-state index contributed by atoms with van der Waals surface area (Å²) in [6.07, 6.45) is 0.868. The molecule has 0 saturated carbocycles. The van der Waals surface area contributed by atoms with E-state index in [0.29, 0.717) is 27.9 Å². The van der Waals surface area contributed by atoms with Gasteiger partial charge in [0, 0.05) is 10.7 Å². The number of thiazole rings is 1. The summed E-state index contributed by atoms with van der Waals surface area (Å²) in [6, 6.07) is 16.1. The third-order valence-corrected chi connectivity index (χ3v) is 6.10. The molecule has 7 nitrogen and oxygen atoms in total. The fourth-order valence-electron chi connectivity index (χ4n) is 2.55. The molecule has 0 unspecified atom stereocenters. The lowest BCUT2D eigenvalue weighted by atomic mass is 10.1. The maximum absolute atomic E-state index is 12.2. The van der Waals surface area contributed by atoms with E-state index < -0.39 is 15.9 Å². The van der Waals surface area contributed by atoms with Gasteiger partial charge in [-0.25, -0.2) is 18.1 Å². The summed E-state index contributed by atoms with van der Waals surface area (Å²) in [7, 11) is -3.77. The second-order valence-electron chi connectivity index (χ2n) is 6.16. The van der Waals surface area contributed by atoms with Crippen LogP contribution in [-0.4, -0.2) is 25.6 Å². The highest BCUT2D eigenvalue weighted by Crippen LogP contribution is 2.36. The van der Waals surface area contributed by atoms with Crippen LogP contribution < -0.4 is 9.62 Å². The molecule has 0 bridgehead atoms. The molecule has 0 saturated heterocycles. The molecule has 1 N–H and O–H groups in total. The normalized spacial score (nSPS) is 11.0. The second kappa shape index (κ2) is 9.02. The number of halogens is 2. The molecule has 30 heavy (non-hydrogen) atoms. The molecule has 0 spiro atoms. The average Bonchev–Trinajstić information content (AvgIpc) is 3.08. The maximum atomic E-state index is 12.2. The number of carbonyl (C=O) groups excluding carboxylic acids is 1. The highest BCUT2D eigenvalue weighted by Gasteiger charge is 2.23. The number of sulfonamides is 1. The van der Waals surface area contributed by atoms with Crippen LogP contribution in [0.15, 0.2) is 48.5 Å². The Morgan fingerprint density at radius 2 is 1.87 bits per heavy atom. The van der Waals surface area contributed by atoms with Crippen molar-refractivity contribution in [3.63, 3.8) is 0 Å². The van der Waals surface area contributed by atoms with Crippen LogP contribution >= 0.6 is 34.5 Å². The first-order valence-electron chi connectivity index (χ1n) is 8.37. The maximum Gasteiger partial charge on any atom is 0.285 e. The van der Waals surface area contributed by atoms with Crippen molar-refractivity contribution in [2.75, 3.05) is 11.2 Å². The molecule has 154 valence electrons. The lowest BCUT2D eigenvalue weighted by Crippen LogP contribution is -2.29. The van der Waals surface area contributed by atoms with Gasteiger partial charge in [0.2, 0.25) is 10.0 Å². The smallest absolute Gasteiger partial charge is 0.285 e. The quantitative estimate of drug-likeness (QED) is 0.562. The Morgan fingerprint density at radius 3 is 2.47 bits per heavy atom. The van der Waals surface area contributed by atoms with Gasteiger partial charge < -0.3 is 4.90 Å². The van der Waals surface area contributed by atoms with Gasteiger partial charge >= 0.3 is 0 Å². The molecule has 0 fully saturated rings. The largest absolute Gasteiger partial charge is 0.313 e. The number of aromatic nitrogens is 1. The molecular formula is C19H14Cl2N4O3S2. The Balaban J connectivity index is 2.04. The number of hydrogen-bond acceptors (Lipinski definition) is 7. The van der Waals surface area contributed by atoms with Crippen molar-refractivity contribution in [3.05, 3.63) is 74.7 Å². The third kappa shape index (κ3) is 5.29. The van der Waals surface area contributed by atoms with E-state index in [9.17, 15) is 13.2 Å². The second-order valence-corrected chi connectivity index (χ2v) is 9.89. The fourth-order valence-corrected chi connectivity index (χ4v) is 4.32. The van der Waals surface area contributed by atoms with Crippen LogP contribution in [-0.2, 0) is 16.6 Å². The first-order valence-corrected chi connectivity index (χ1v) is 11.8. The van der Waals surface area contributed by atoms with Gasteiger partial charge in [0.25, 0.3) is 5.91 Å². The number of hydrogen-bond donors (Lipinski definition) is 1. The SMILES string of the molecule is CS(=O)(=O)NC(=O)c1nc(N(Cc2ccccc2Cl)c2ccc(C#N)cc2)sc1Cl. The minimum atomic E-state index is -3.77. The van der Waals surface area contributed by atoms with Crippen LogP contribution in [0.5, 0.6) is 0 Å². The molecule has 3 aromatic rings. The van der Waals surface area contributed by atoms with E-state index in [1.807, 2.05) is 22.9 Å². The summed E-state index contributed by atoms with van der Waals surface area (Å²) in [6.45, 7) is 0.308. The van der Waals surface area contributed by atoms with Crippen molar-refractivity contribution < 1.29 is 13.2 Å². The zero-order chi connectivity index (χ0) is 21.9.